The van der Waals surface area contributed by atoms with Crippen molar-refractivity contribution in [3.8, 4) is 0 Å². The number of hydrogen-bond acceptors (Lipinski definition) is 3. The van der Waals surface area contributed by atoms with Crippen LogP contribution in [0.15, 0.2) is 53.5 Å². The lowest BCUT2D eigenvalue weighted by atomic mass is 9.89. The minimum atomic E-state index is 0.144. The van der Waals surface area contributed by atoms with Crippen LogP contribution in [0, 0.1) is 12.8 Å². The molecule has 0 aromatic heterocycles. The third-order valence-electron chi connectivity index (χ3n) is 5.74. The number of nitrogens with one attached hydrogen (secondary N) is 2. The lowest BCUT2D eigenvalue weighted by Crippen LogP contribution is -2.42. The van der Waals surface area contributed by atoms with E-state index in [2.05, 4.69) is 92.0 Å². The number of rotatable bonds is 8. The van der Waals surface area contributed by atoms with Gasteiger partial charge in [0, 0.05) is 32.2 Å². The quantitative estimate of drug-likeness (QED) is 0.492. The number of guanidine groups is 1. The number of ether oxygens (including phenoxy) is 1. The van der Waals surface area contributed by atoms with Crippen LogP contribution in [0.2, 0.25) is 0 Å². The number of nitrogens with zero attached hydrogens (tertiary/aromatic N) is 2. The highest BCUT2D eigenvalue weighted by Crippen LogP contribution is 2.33. The maximum Gasteiger partial charge on any atom is 0.191 e. The van der Waals surface area contributed by atoms with Crippen LogP contribution in [-0.4, -0.2) is 44.7 Å². The van der Waals surface area contributed by atoms with Crippen LogP contribution in [-0.2, 0) is 17.8 Å². The predicted octanol–water partition coefficient (Wildman–Crippen LogP) is 4.28. The molecule has 1 saturated heterocycles. The van der Waals surface area contributed by atoms with Gasteiger partial charge in [0.05, 0.1) is 12.6 Å². The van der Waals surface area contributed by atoms with Gasteiger partial charge in [-0.05, 0) is 57.5 Å². The first-order chi connectivity index (χ1) is 15.1. The minimum Gasteiger partial charge on any atom is -0.373 e. The van der Waals surface area contributed by atoms with Gasteiger partial charge in [-0.15, -0.1) is 0 Å². The van der Waals surface area contributed by atoms with Gasteiger partial charge in [0.25, 0.3) is 0 Å². The molecule has 5 heteroatoms. The molecule has 0 radical (unpaired) electrons. The highest BCUT2D eigenvalue weighted by atomic mass is 16.5. The van der Waals surface area contributed by atoms with Crippen LogP contribution in [0.4, 0.5) is 0 Å². The Hall–Kier alpha value is -2.37. The Labute approximate surface area is 187 Å². The van der Waals surface area contributed by atoms with Crippen molar-refractivity contribution in [1.29, 1.82) is 0 Å². The van der Waals surface area contributed by atoms with Gasteiger partial charge in [0.2, 0.25) is 0 Å². The molecule has 168 valence electrons. The predicted molar refractivity (Wildman–Crippen MR) is 129 cm³/mol. The van der Waals surface area contributed by atoms with Gasteiger partial charge in [-0.1, -0.05) is 54.1 Å². The fourth-order valence-corrected chi connectivity index (χ4v) is 4.12. The molecular weight excluding hydrogens is 384 g/mol. The van der Waals surface area contributed by atoms with Gasteiger partial charge in [-0.3, -0.25) is 0 Å². The summed E-state index contributed by atoms with van der Waals surface area (Å²) in [4.78, 5) is 7.08. The largest absolute Gasteiger partial charge is 0.373 e. The monoisotopic (exact) mass is 422 g/mol. The van der Waals surface area contributed by atoms with Crippen LogP contribution in [0.1, 0.15) is 48.1 Å². The smallest absolute Gasteiger partial charge is 0.191 e. The van der Waals surface area contributed by atoms with Crippen molar-refractivity contribution in [3.05, 3.63) is 70.8 Å². The molecule has 3 rings (SSSR count). The third kappa shape index (κ3) is 7.08. The van der Waals surface area contributed by atoms with Crippen LogP contribution in [0.3, 0.4) is 0 Å². The summed E-state index contributed by atoms with van der Waals surface area (Å²) >= 11 is 0. The molecule has 1 fully saturated rings. The normalized spacial score (nSPS) is 19.5. The molecule has 2 aromatic rings. The van der Waals surface area contributed by atoms with E-state index in [9.17, 15) is 0 Å². The molecule has 2 atom stereocenters. The van der Waals surface area contributed by atoms with Crippen LogP contribution in [0.5, 0.6) is 0 Å². The second-order valence-corrected chi connectivity index (χ2v) is 8.69. The van der Waals surface area contributed by atoms with E-state index in [1.165, 1.54) is 22.3 Å². The summed E-state index contributed by atoms with van der Waals surface area (Å²) < 4.78 is 6.19. The number of benzene rings is 2. The Morgan fingerprint density at radius 3 is 2.52 bits per heavy atom. The summed E-state index contributed by atoms with van der Waals surface area (Å²) in [6.07, 6.45) is 2.42. The van der Waals surface area contributed by atoms with Crippen molar-refractivity contribution in [2.75, 3.05) is 33.8 Å². The lowest BCUT2D eigenvalue weighted by Gasteiger charge is -2.32. The molecular formula is C26H38N4O. The van der Waals surface area contributed by atoms with Crippen molar-refractivity contribution in [2.24, 2.45) is 10.9 Å². The van der Waals surface area contributed by atoms with Crippen LogP contribution in [0.25, 0.3) is 0 Å². The first kappa shape index (κ1) is 23.3. The van der Waals surface area contributed by atoms with Gasteiger partial charge in [0.15, 0.2) is 5.96 Å². The molecule has 0 amide bonds. The summed E-state index contributed by atoms with van der Waals surface area (Å²) in [6, 6.07) is 17.3. The van der Waals surface area contributed by atoms with E-state index in [4.69, 9.17) is 9.73 Å². The van der Waals surface area contributed by atoms with E-state index in [-0.39, 0.29) is 6.10 Å². The number of aliphatic imine (C=N–C) groups is 1. The van der Waals surface area contributed by atoms with Gasteiger partial charge in [0.1, 0.15) is 0 Å². The molecule has 1 aliphatic rings. The van der Waals surface area contributed by atoms with Crippen molar-refractivity contribution in [3.63, 3.8) is 0 Å². The zero-order valence-electron chi connectivity index (χ0n) is 19.5. The van der Waals surface area contributed by atoms with Crippen molar-refractivity contribution in [2.45, 2.75) is 45.9 Å². The van der Waals surface area contributed by atoms with Crippen molar-refractivity contribution < 1.29 is 4.74 Å². The molecule has 0 bridgehead atoms. The van der Waals surface area contributed by atoms with Crippen LogP contribution < -0.4 is 10.6 Å². The molecule has 1 heterocycles. The highest BCUT2D eigenvalue weighted by Gasteiger charge is 2.27. The number of hydrogen-bond donors (Lipinski definition) is 2. The SMILES string of the molecule is CCNC(=NCc1ccccc1CN(C)C)NCC1CCCOC1c1ccc(C)cc1. The molecule has 5 nitrogen and oxygen atoms in total. The summed E-state index contributed by atoms with van der Waals surface area (Å²) in [7, 11) is 4.20. The fraction of sp³-hybridized carbons (Fsp3) is 0.500. The lowest BCUT2D eigenvalue weighted by molar-refractivity contribution is -0.0265. The summed E-state index contributed by atoms with van der Waals surface area (Å²) in [5.41, 5.74) is 5.15. The zero-order valence-corrected chi connectivity index (χ0v) is 19.5. The van der Waals surface area contributed by atoms with E-state index in [0.717, 1.165) is 45.0 Å². The molecule has 0 spiro atoms. The Kier molecular flexibility index (Phi) is 8.92. The molecule has 0 aliphatic carbocycles. The van der Waals surface area contributed by atoms with E-state index >= 15 is 0 Å². The second-order valence-electron chi connectivity index (χ2n) is 8.69. The molecule has 2 aromatic carbocycles. The minimum absolute atomic E-state index is 0.144. The third-order valence-corrected chi connectivity index (χ3v) is 5.74. The molecule has 31 heavy (non-hydrogen) atoms. The highest BCUT2D eigenvalue weighted by molar-refractivity contribution is 5.79. The maximum atomic E-state index is 6.19. The van der Waals surface area contributed by atoms with Crippen molar-refractivity contribution in [1.82, 2.24) is 15.5 Å². The Bertz CT molecular complexity index is 832. The summed E-state index contributed by atoms with van der Waals surface area (Å²) in [6.45, 7) is 8.36. The molecule has 0 saturated carbocycles. The van der Waals surface area contributed by atoms with E-state index in [0.29, 0.717) is 12.5 Å². The Morgan fingerprint density at radius 1 is 1.06 bits per heavy atom. The summed E-state index contributed by atoms with van der Waals surface area (Å²) in [5, 5.41) is 6.98. The molecule has 2 N–H and O–H groups in total. The second kappa shape index (κ2) is 11.9. The van der Waals surface area contributed by atoms with Gasteiger partial charge in [-0.25, -0.2) is 4.99 Å². The Balaban J connectivity index is 1.66. The van der Waals surface area contributed by atoms with E-state index in [1.807, 2.05) is 0 Å². The standard InChI is InChI=1S/C26H38N4O/c1-5-27-26(28-17-22-9-6-7-10-24(22)19-30(3)4)29-18-23-11-8-16-31-25(23)21-14-12-20(2)13-15-21/h6-7,9-10,12-15,23,25H,5,8,11,16-19H2,1-4H3,(H2,27,28,29). The fourth-order valence-electron chi connectivity index (χ4n) is 4.12. The van der Waals surface area contributed by atoms with E-state index in [1.54, 1.807) is 0 Å². The number of aryl methyl sites for hydroxylation is 1. The zero-order chi connectivity index (χ0) is 22.1. The van der Waals surface area contributed by atoms with Crippen LogP contribution >= 0.6 is 0 Å². The average molecular weight is 423 g/mol. The molecule has 2 unspecified atom stereocenters. The average Bonchev–Trinajstić information content (AvgIpc) is 2.77. The van der Waals surface area contributed by atoms with Gasteiger partial charge >= 0.3 is 0 Å². The topological polar surface area (TPSA) is 48.9 Å². The van der Waals surface area contributed by atoms with E-state index < -0.39 is 0 Å². The summed E-state index contributed by atoms with van der Waals surface area (Å²) in [5.74, 6) is 1.30. The Morgan fingerprint density at radius 2 is 1.81 bits per heavy atom. The first-order valence-corrected chi connectivity index (χ1v) is 11.5. The molecule has 1 aliphatic heterocycles. The maximum absolute atomic E-state index is 6.19. The van der Waals surface area contributed by atoms with Gasteiger partial charge in [-0.2, -0.15) is 0 Å². The first-order valence-electron chi connectivity index (χ1n) is 11.5. The van der Waals surface area contributed by atoms with Crippen molar-refractivity contribution >= 4 is 5.96 Å². The van der Waals surface area contributed by atoms with Gasteiger partial charge < -0.3 is 20.3 Å².